The first-order valence-corrected chi connectivity index (χ1v) is 9.42. The van der Waals surface area contributed by atoms with Crippen LogP contribution in [0.25, 0.3) is 0 Å². The standard InChI is InChI=1S/C22H24FN3O/c1-27-21-16-26(20-4-2-3-19(23)13-20)22(21)9-11-25(12-10-22)15-18-7-5-17(14-24)6-8-18/h2-8,13,21H,9-12,15-16H2,1H3. The number of anilines is 1. The predicted octanol–water partition coefficient (Wildman–Crippen LogP) is 3.57. The first-order valence-electron chi connectivity index (χ1n) is 9.42. The van der Waals surface area contributed by atoms with Gasteiger partial charge in [-0.3, -0.25) is 4.90 Å². The highest BCUT2D eigenvalue weighted by Crippen LogP contribution is 2.44. The number of methoxy groups -OCH3 is 1. The van der Waals surface area contributed by atoms with Crippen LogP contribution < -0.4 is 4.90 Å². The molecule has 0 bridgehead atoms. The predicted molar refractivity (Wildman–Crippen MR) is 103 cm³/mol. The third-order valence-corrected chi connectivity index (χ3v) is 6.10. The van der Waals surface area contributed by atoms with Crippen LogP contribution in [-0.2, 0) is 11.3 Å². The minimum Gasteiger partial charge on any atom is -0.377 e. The van der Waals surface area contributed by atoms with Crippen molar-refractivity contribution < 1.29 is 9.13 Å². The monoisotopic (exact) mass is 365 g/mol. The Labute approximate surface area is 159 Å². The Kier molecular flexibility index (Phi) is 4.86. The molecule has 4 nitrogen and oxygen atoms in total. The molecule has 0 amide bonds. The van der Waals surface area contributed by atoms with Crippen LogP contribution in [0, 0.1) is 17.1 Å². The maximum atomic E-state index is 13.7. The molecule has 140 valence electrons. The molecule has 4 rings (SSSR count). The van der Waals surface area contributed by atoms with Gasteiger partial charge in [-0.15, -0.1) is 0 Å². The second-order valence-corrected chi connectivity index (χ2v) is 7.50. The number of rotatable bonds is 4. The van der Waals surface area contributed by atoms with Crippen molar-refractivity contribution in [1.82, 2.24) is 4.90 Å². The summed E-state index contributed by atoms with van der Waals surface area (Å²) in [7, 11) is 1.78. The van der Waals surface area contributed by atoms with Gasteiger partial charge in [-0.2, -0.15) is 5.26 Å². The maximum absolute atomic E-state index is 13.7. The van der Waals surface area contributed by atoms with E-state index >= 15 is 0 Å². The van der Waals surface area contributed by atoms with E-state index < -0.39 is 0 Å². The molecule has 2 aromatic rings. The minimum absolute atomic E-state index is 0.0380. The summed E-state index contributed by atoms with van der Waals surface area (Å²) in [5.74, 6) is -0.193. The Morgan fingerprint density at radius 2 is 1.93 bits per heavy atom. The third kappa shape index (κ3) is 3.31. The molecule has 1 spiro atoms. The molecule has 2 aliphatic rings. The van der Waals surface area contributed by atoms with E-state index in [1.165, 1.54) is 11.6 Å². The first-order chi connectivity index (χ1) is 13.1. The summed E-state index contributed by atoms with van der Waals surface area (Å²) in [4.78, 5) is 4.77. The smallest absolute Gasteiger partial charge is 0.125 e. The van der Waals surface area contributed by atoms with Gasteiger partial charge >= 0.3 is 0 Å². The molecule has 0 aromatic heterocycles. The van der Waals surface area contributed by atoms with E-state index in [-0.39, 0.29) is 17.5 Å². The highest BCUT2D eigenvalue weighted by Gasteiger charge is 2.54. The molecule has 27 heavy (non-hydrogen) atoms. The first kappa shape index (κ1) is 18.0. The minimum atomic E-state index is -0.193. The van der Waals surface area contributed by atoms with Crippen molar-refractivity contribution >= 4 is 5.69 Å². The maximum Gasteiger partial charge on any atom is 0.125 e. The average Bonchev–Trinajstić information content (AvgIpc) is 2.69. The van der Waals surface area contributed by atoms with Crippen LogP contribution in [-0.4, -0.2) is 43.3 Å². The topological polar surface area (TPSA) is 39.5 Å². The van der Waals surface area contributed by atoms with Crippen LogP contribution in [0.4, 0.5) is 10.1 Å². The quantitative estimate of drug-likeness (QED) is 0.830. The second-order valence-electron chi connectivity index (χ2n) is 7.50. The molecule has 2 fully saturated rings. The van der Waals surface area contributed by atoms with Gasteiger partial charge in [0, 0.05) is 39.0 Å². The van der Waals surface area contributed by atoms with Gasteiger partial charge < -0.3 is 9.64 Å². The molecule has 0 radical (unpaired) electrons. The van der Waals surface area contributed by atoms with Crippen LogP contribution in [0.1, 0.15) is 24.0 Å². The Balaban J connectivity index is 1.44. The fraction of sp³-hybridized carbons (Fsp3) is 0.409. The highest BCUT2D eigenvalue weighted by molar-refractivity contribution is 5.54. The zero-order valence-electron chi connectivity index (χ0n) is 15.6. The van der Waals surface area contributed by atoms with E-state index in [9.17, 15) is 4.39 Å². The van der Waals surface area contributed by atoms with Gasteiger partial charge in [0.25, 0.3) is 0 Å². The van der Waals surface area contributed by atoms with Crippen molar-refractivity contribution in [2.45, 2.75) is 31.0 Å². The number of hydrogen-bond donors (Lipinski definition) is 0. The second kappa shape index (κ2) is 7.30. The summed E-state index contributed by atoms with van der Waals surface area (Å²) in [6.07, 6.45) is 2.19. The van der Waals surface area contributed by atoms with Crippen LogP contribution in [0.5, 0.6) is 0 Å². The summed E-state index contributed by atoms with van der Waals surface area (Å²) in [6, 6.07) is 16.8. The summed E-state index contributed by atoms with van der Waals surface area (Å²) in [5.41, 5.74) is 2.83. The molecule has 0 aliphatic carbocycles. The fourth-order valence-electron chi connectivity index (χ4n) is 4.51. The SMILES string of the molecule is COC1CN(c2cccc(F)c2)C12CCN(Cc1ccc(C#N)cc1)CC2. The molecule has 2 aromatic carbocycles. The number of piperidine rings is 1. The number of nitrogens with zero attached hydrogens (tertiary/aromatic N) is 3. The summed E-state index contributed by atoms with van der Waals surface area (Å²) < 4.78 is 19.5. The van der Waals surface area contributed by atoms with E-state index in [2.05, 4.69) is 15.9 Å². The van der Waals surface area contributed by atoms with Gasteiger partial charge in [0.1, 0.15) is 5.82 Å². The van der Waals surface area contributed by atoms with Crippen molar-refractivity contribution in [3.8, 4) is 6.07 Å². The van der Waals surface area contributed by atoms with Crippen molar-refractivity contribution in [2.75, 3.05) is 31.6 Å². The van der Waals surface area contributed by atoms with E-state index in [1.54, 1.807) is 19.2 Å². The van der Waals surface area contributed by atoms with Crippen LogP contribution in [0.2, 0.25) is 0 Å². The highest BCUT2D eigenvalue weighted by atomic mass is 19.1. The Morgan fingerprint density at radius 1 is 1.19 bits per heavy atom. The van der Waals surface area contributed by atoms with Gasteiger partial charge in [0.05, 0.1) is 23.3 Å². The van der Waals surface area contributed by atoms with Gasteiger partial charge in [0.15, 0.2) is 0 Å². The Morgan fingerprint density at radius 3 is 2.56 bits per heavy atom. The molecule has 5 heteroatoms. The lowest BCUT2D eigenvalue weighted by atomic mass is 9.73. The van der Waals surface area contributed by atoms with Gasteiger partial charge in [-0.25, -0.2) is 4.39 Å². The number of benzene rings is 2. The van der Waals surface area contributed by atoms with Gasteiger partial charge in [-0.05, 0) is 48.7 Å². The van der Waals surface area contributed by atoms with Crippen LogP contribution in [0.3, 0.4) is 0 Å². The van der Waals surface area contributed by atoms with Crippen LogP contribution >= 0.6 is 0 Å². The molecule has 2 saturated heterocycles. The number of ether oxygens (including phenoxy) is 1. The number of likely N-dealkylation sites (tertiary alicyclic amines) is 1. The van der Waals surface area contributed by atoms with Gasteiger partial charge in [-0.1, -0.05) is 18.2 Å². The fourth-order valence-corrected chi connectivity index (χ4v) is 4.51. The zero-order chi connectivity index (χ0) is 18.9. The zero-order valence-corrected chi connectivity index (χ0v) is 15.6. The van der Waals surface area contributed by atoms with Crippen molar-refractivity contribution in [3.05, 3.63) is 65.5 Å². The normalized spacial score (nSPS) is 21.7. The molecule has 0 saturated carbocycles. The van der Waals surface area contributed by atoms with Crippen LogP contribution in [0.15, 0.2) is 48.5 Å². The Bertz CT molecular complexity index is 837. The average molecular weight is 365 g/mol. The lowest BCUT2D eigenvalue weighted by molar-refractivity contribution is -0.0472. The molecular weight excluding hydrogens is 341 g/mol. The van der Waals surface area contributed by atoms with Crippen molar-refractivity contribution in [2.24, 2.45) is 0 Å². The van der Waals surface area contributed by atoms with E-state index in [0.29, 0.717) is 5.56 Å². The molecule has 0 N–H and O–H groups in total. The molecule has 1 unspecified atom stereocenters. The Hall–Kier alpha value is -2.42. The number of hydrogen-bond acceptors (Lipinski definition) is 4. The number of halogens is 1. The summed E-state index contributed by atoms with van der Waals surface area (Å²) >= 11 is 0. The summed E-state index contributed by atoms with van der Waals surface area (Å²) in [6.45, 7) is 3.66. The molecular formula is C22H24FN3O. The van der Waals surface area contributed by atoms with Gasteiger partial charge in [0.2, 0.25) is 0 Å². The largest absolute Gasteiger partial charge is 0.377 e. The third-order valence-electron chi connectivity index (χ3n) is 6.10. The molecule has 1 atom stereocenters. The lowest BCUT2D eigenvalue weighted by Crippen LogP contribution is -2.74. The van der Waals surface area contributed by atoms with Crippen molar-refractivity contribution in [1.29, 1.82) is 5.26 Å². The molecule has 2 aliphatic heterocycles. The molecule has 2 heterocycles. The van der Waals surface area contributed by atoms with E-state index in [1.807, 2.05) is 30.3 Å². The lowest BCUT2D eigenvalue weighted by Gasteiger charge is -2.62. The number of nitriles is 1. The van der Waals surface area contributed by atoms with E-state index in [4.69, 9.17) is 10.00 Å². The van der Waals surface area contributed by atoms with Crippen molar-refractivity contribution in [3.63, 3.8) is 0 Å². The van der Waals surface area contributed by atoms with E-state index in [0.717, 1.165) is 44.7 Å². The summed E-state index contributed by atoms with van der Waals surface area (Å²) in [5, 5.41) is 8.92.